The molecule has 0 spiro atoms. The fourth-order valence-electron chi connectivity index (χ4n) is 3.04. The van der Waals surface area contributed by atoms with Crippen molar-refractivity contribution >= 4 is 17.5 Å². The van der Waals surface area contributed by atoms with E-state index in [1.807, 2.05) is 45.0 Å². The number of aromatic nitrogens is 2. The molecule has 132 valence electrons. The molecule has 1 aromatic heterocycles. The van der Waals surface area contributed by atoms with Gasteiger partial charge in [-0.2, -0.15) is 0 Å². The van der Waals surface area contributed by atoms with Crippen molar-refractivity contribution in [2.24, 2.45) is 0 Å². The third-order valence-electron chi connectivity index (χ3n) is 4.67. The van der Waals surface area contributed by atoms with Crippen LogP contribution in [0.25, 0.3) is 0 Å². The molecular weight excluding hydrogens is 314 g/mol. The maximum atomic E-state index is 12.6. The summed E-state index contributed by atoms with van der Waals surface area (Å²) < 4.78 is 0. The van der Waals surface area contributed by atoms with E-state index in [1.54, 1.807) is 0 Å². The van der Waals surface area contributed by atoms with Crippen molar-refractivity contribution in [3.05, 3.63) is 46.8 Å². The molecule has 0 unspecified atom stereocenters. The SMILES string of the molecule is Cc1ccccc1C(=O)Nc1c(C)nc(N2CCN(C)CC2)nc1C. The Kier molecular flexibility index (Phi) is 4.99. The van der Waals surface area contributed by atoms with Crippen LogP contribution in [-0.2, 0) is 0 Å². The highest BCUT2D eigenvalue weighted by molar-refractivity contribution is 6.05. The summed E-state index contributed by atoms with van der Waals surface area (Å²) in [5, 5.41) is 2.98. The average Bonchev–Trinajstić information content (AvgIpc) is 2.59. The van der Waals surface area contributed by atoms with E-state index >= 15 is 0 Å². The van der Waals surface area contributed by atoms with Gasteiger partial charge in [0.15, 0.2) is 0 Å². The number of anilines is 2. The number of hydrogen-bond donors (Lipinski definition) is 1. The second kappa shape index (κ2) is 7.19. The van der Waals surface area contributed by atoms with Crippen LogP contribution in [0.3, 0.4) is 0 Å². The average molecular weight is 339 g/mol. The number of rotatable bonds is 3. The van der Waals surface area contributed by atoms with Crippen LogP contribution in [0.15, 0.2) is 24.3 Å². The number of piperazine rings is 1. The number of aryl methyl sites for hydroxylation is 3. The van der Waals surface area contributed by atoms with Crippen molar-refractivity contribution < 1.29 is 4.79 Å². The molecule has 0 radical (unpaired) electrons. The smallest absolute Gasteiger partial charge is 0.256 e. The molecule has 0 atom stereocenters. The van der Waals surface area contributed by atoms with Gasteiger partial charge in [-0.3, -0.25) is 4.79 Å². The van der Waals surface area contributed by atoms with Crippen molar-refractivity contribution in [1.29, 1.82) is 0 Å². The molecule has 0 bridgehead atoms. The Morgan fingerprint density at radius 2 is 1.60 bits per heavy atom. The predicted octanol–water partition coefficient (Wildman–Crippen LogP) is 2.41. The normalized spacial score (nSPS) is 15.3. The molecule has 1 saturated heterocycles. The zero-order valence-corrected chi connectivity index (χ0v) is 15.3. The number of likely N-dealkylation sites (N-methyl/N-ethyl adjacent to an activating group) is 1. The molecule has 6 heteroatoms. The van der Waals surface area contributed by atoms with E-state index in [2.05, 4.69) is 32.1 Å². The summed E-state index contributed by atoms with van der Waals surface area (Å²) in [4.78, 5) is 26.3. The number of hydrogen-bond acceptors (Lipinski definition) is 5. The van der Waals surface area contributed by atoms with Gasteiger partial charge in [-0.25, -0.2) is 9.97 Å². The molecule has 2 aromatic rings. The van der Waals surface area contributed by atoms with Gasteiger partial charge in [-0.1, -0.05) is 18.2 Å². The van der Waals surface area contributed by atoms with E-state index in [0.29, 0.717) is 11.3 Å². The first-order valence-corrected chi connectivity index (χ1v) is 8.61. The predicted molar refractivity (Wildman–Crippen MR) is 100 cm³/mol. The van der Waals surface area contributed by atoms with Crippen molar-refractivity contribution in [1.82, 2.24) is 14.9 Å². The van der Waals surface area contributed by atoms with Crippen LogP contribution in [0.1, 0.15) is 27.3 Å². The Bertz CT molecular complexity index is 758. The van der Waals surface area contributed by atoms with Gasteiger partial charge in [0.05, 0.1) is 17.1 Å². The Hall–Kier alpha value is -2.47. The summed E-state index contributed by atoms with van der Waals surface area (Å²) in [5.74, 6) is 0.622. The van der Waals surface area contributed by atoms with Gasteiger partial charge in [0.1, 0.15) is 0 Å². The molecule has 1 aromatic carbocycles. The number of amides is 1. The first-order chi connectivity index (χ1) is 12.0. The van der Waals surface area contributed by atoms with E-state index in [9.17, 15) is 4.79 Å². The van der Waals surface area contributed by atoms with E-state index in [0.717, 1.165) is 49.1 Å². The highest BCUT2D eigenvalue weighted by atomic mass is 16.1. The third kappa shape index (κ3) is 3.79. The van der Waals surface area contributed by atoms with Crippen molar-refractivity contribution in [2.75, 3.05) is 43.4 Å². The molecule has 1 aliphatic heterocycles. The van der Waals surface area contributed by atoms with Crippen molar-refractivity contribution in [2.45, 2.75) is 20.8 Å². The van der Waals surface area contributed by atoms with Crippen molar-refractivity contribution in [3.63, 3.8) is 0 Å². The van der Waals surface area contributed by atoms with Crippen LogP contribution in [0.2, 0.25) is 0 Å². The molecule has 2 heterocycles. The summed E-state index contributed by atoms with van der Waals surface area (Å²) in [6, 6.07) is 7.56. The maximum absolute atomic E-state index is 12.6. The van der Waals surface area contributed by atoms with Crippen LogP contribution >= 0.6 is 0 Å². The van der Waals surface area contributed by atoms with Crippen LogP contribution < -0.4 is 10.2 Å². The fourth-order valence-corrected chi connectivity index (χ4v) is 3.04. The first kappa shape index (κ1) is 17.4. The monoisotopic (exact) mass is 339 g/mol. The van der Waals surface area contributed by atoms with Gasteiger partial charge >= 0.3 is 0 Å². The number of nitrogens with one attached hydrogen (secondary N) is 1. The molecule has 1 aliphatic rings. The van der Waals surface area contributed by atoms with Gasteiger partial charge in [-0.05, 0) is 39.4 Å². The summed E-state index contributed by atoms with van der Waals surface area (Å²) in [6.45, 7) is 9.63. The molecule has 3 rings (SSSR count). The second-order valence-corrected chi connectivity index (χ2v) is 6.63. The zero-order chi connectivity index (χ0) is 18.0. The molecule has 1 amide bonds. The molecule has 25 heavy (non-hydrogen) atoms. The Balaban J connectivity index is 1.81. The van der Waals surface area contributed by atoms with Gasteiger partial charge in [0, 0.05) is 31.7 Å². The van der Waals surface area contributed by atoms with Crippen LogP contribution in [0.5, 0.6) is 0 Å². The summed E-state index contributed by atoms with van der Waals surface area (Å²) in [5.41, 5.74) is 3.91. The van der Waals surface area contributed by atoms with E-state index in [-0.39, 0.29) is 5.91 Å². The van der Waals surface area contributed by atoms with Gasteiger partial charge in [-0.15, -0.1) is 0 Å². The minimum Gasteiger partial charge on any atom is -0.338 e. The molecule has 1 N–H and O–H groups in total. The van der Waals surface area contributed by atoms with E-state index in [1.165, 1.54) is 0 Å². The lowest BCUT2D eigenvalue weighted by atomic mass is 10.1. The third-order valence-corrected chi connectivity index (χ3v) is 4.67. The lowest BCUT2D eigenvalue weighted by molar-refractivity contribution is 0.102. The van der Waals surface area contributed by atoms with Gasteiger partial charge < -0.3 is 15.1 Å². The second-order valence-electron chi connectivity index (χ2n) is 6.63. The number of carbonyl (C=O) groups excluding carboxylic acids is 1. The molecular formula is C19H25N5O. The van der Waals surface area contributed by atoms with Gasteiger partial charge in [0.2, 0.25) is 5.95 Å². The fraction of sp³-hybridized carbons (Fsp3) is 0.421. The summed E-state index contributed by atoms with van der Waals surface area (Å²) >= 11 is 0. The maximum Gasteiger partial charge on any atom is 0.256 e. The van der Waals surface area contributed by atoms with E-state index < -0.39 is 0 Å². The topological polar surface area (TPSA) is 61.4 Å². The highest BCUT2D eigenvalue weighted by Crippen LogP contribution is 2.22. The zero-order valence-electron chi connectivity index (χ0n) is 15.3. The van der Waals surface area contributed by atoms with Crippen LogP contribution in [0.4, 0.5) is 11.6 Å². The summed E-state index contributed by atoms with van der Waals surface area (Å²) in [6.07, 6.45) is 0. The Labute approximate surface area is 148 Å². The highest BCUT2D eigenvalue weighted by Gasteiger charge is 2.19. The number of carbonyl (C=O) groups is 1. The molecule has 1 fully saturated rings. The number of nitrogens with zero attached hydrogens (tertiary/aromatic N) is 4. The quantitative estimate of drug-likeness (QED) is 0.930. The lowest BCUT2D eigenvalue weighted by Gasteiger charge is -2.32. The summed E-state index contributed by atoms with van der Waals surface area (Å²) in [7, 11) is 2.12. The van der Waals surface area contributed by atoms with Gasteiger partial charge in [0.25, 0.3) is 5.91 Å². The molecule has 0 saturated carbocycles. The van der Waals surface area contributed by atoms with E-state index in [4.69, 9.17) is 0 Å². The Morgan fingerprint density at radius 1 is 1.00 bits per heavy atom. The minimum atomic E-state index is -0.125. The minimum absolute atomic E-state index is 0.125. The standard InChI is InChI=1S/C19H25N5O/c1-13-7-5-6-8-16(13)18(25)22-17-14(2)20-19(21-15(17)3)24-11-9-23(4)10-12-24/h5-8H,9-12H2,1-4H3,(H,22,25). The largest absolute Gasteiger partial charge is 0.338 e. The van der Waals surface area contributed by atoms with Crippen LogP contribution in [-0.4, -0.2) is 54.0 Å². The Morgan fingerprint density at radius 3 is 2.20 bits per heavy atom. The lowest BCUT2D eigenvalue weighted by Crippen LogP contribution is -2.45. The van der Waals surface area contributed by atoms with Crippen LogP contribution in [0, 0.1) is 20.8 Å². The number of benzene rings is 1. The first-order valence-electron chi connectivity index (χ1n) is 8.61. The van der Waals surface area contributed by atoms with Crippen molar-refractivity contribution in [3.8, 4) is 0 Å². The molecule has 6 nitrogen and oxygen atoms in total. The molecule has 0 aliphatic carbocycles.